The summed E-state index contributed by atoms with van der Waals surface area (Å²) in [6.45, 7) is 2.73. The van der Waals surface area contributed by atoms with Crippen LogP contribution >= 0.6 is 12.4 Å². The van der Waals surface area contributed by atoms with Gasteiger partial charge in [-0.15, -0.1) is 12.4 Å². The highest BCUT2D eigenvalue weighted by Crippen LogP contribution is 2.09. The van der Waals surface area contributed by atoms with Gasteiger partial charge in [-0.25, -0.2) is 0 Å². The highest BCUT2D eigenvalue weighted by molar-refractivity contribution is 5.85. The second-order valence-corrected chi connectivity index (χ2v) is 5.08. The molecule has 0 saturated carbocycles. The monoisotopic (exact) mass is 338 g/mol. The number of nitrogens with two attached hydrogens (primary N) is 1. The summed E-state index contributed by atoms with van der Waals surface area (Å²) in [4.78, 5) is 13.9. The summed E-state index contributed by atoms with van der Waals surface area (Å²) in [5, 5.41) is 0. The molecule has 0 amide bonds. The minimum absolute atomic E-state index is 0. The van der Waals surface area contributed by atoms with Crippen molar-refractivity contribution < 1.29 is 9.15 Å². The molecule has 2 aromatic rings. The standard InChI is InChI=1S/C17H22N2O3.ClH/c1-21-17-13-22-15(11-16(17)20)12-19(10-8-18)9-7-14-5-3-2-4-6-14;/h2-6,11,13H,7-10,12,18H2,1H3;1H. The molecule has 23 heavy (non-hydrogen) atoms. The van der Waals surface area contributed by atoms with Gasteiger partial charge in [-0.2, -0.15) is 0 Å². The van der Waals surface area contributed by atoms with Gasteiger partial charge in [-0.05, 0) is 12.0 Å². The van der Waals surface area contributed by atoms with Crippen molar-refractivity contribution in [2.45, 2.75) is 13.0 Å². The fourth-order valence-electron chi connectivity index (χ4n) is 2.28. The third-order valence-electron chi connectivity index (χ3n) is 3.46. The molecule has 0 aliphatic carbocycles. The Morgan fingerprint density at radius 2 is 1.96 bits per heavy atom. The lowest BCUT2D eigenvalue weighted by molar-refractivity contribution is 0.248. The maximum Gasteiger partial charge on any atom is 0.227 e. The zero-order chi connectivity index (χ0) is 15.8. The van der Waals surface area contributed by atoms with E-state index in [0.29, 0.717) is 18.8 Å². The predicted octanol–water partition coefficient (Wildman–Crippen LogP) is 2.07. The number of hydrogen-bond acceptors (Lipinski definition) is 5. The Labute approximate surface area is 142 Å². The van der Waals surface area contributed by atoms with Crippen molar-refractivity contribution in [3.8, 4) is 5.75 Å². The van der Waals surface area contributed by atoms with Gasteiger partial charge in [0.05, 0.1) is 13.7 Å². The van der Waals surface area contributed by atoms with Crippen molar-refractivity contribution in [2.24, 2.45) is 5.73 Å². The van der Waals surface area contributed by atoms with Gasteiger partial charge < -0.3 is 14.9 Å². The van der Waals surface area contributed by atoms with Crippen molar-refractivity contribution in [1.29, 1.82) is 0 Å². The molecule has 2 rings (SSSR count). The van der Waals surface area contributed by atoms with E-state index in [1.165, 1.54) is 25.0 Å². The Kier molecular flexibility index (Phi) is 8.40. The molecule has 1 heterocycles. The zero-order valence-corrected chi connectivity index (χ0v) is 14.1. The molecule has 0 radical (unpaired) electrons. The minimum atomic E-state index is -0.167. The van der Waals surface area contributed by atoms with Gasteiger partial charge >= 0.3 is 0 Å². The molecule has 0 aliphatic rings. The SMILES string of the molecule is COc1coc(CN(CCN)CCc2ccccc2)cc1=O.Cl. The van der Waals surface area contributed by atoms with E-state index in [4.69, 9.17) is 14.9 Å². The van der Waals surface area contributed by atoms with Gasteiger partial charge in [-0.3, -0.25) is 9.69 Å². The van der Waals surface area contributed by atoms with Crippen LogP contribution < -0.4 is 15.9 Å². The molecule has 6 heteroatoms. The second-order valence-electron chi connectivity index (χ2n) is 5.08. The first-order valence-electron chi connectivity index (χ1n) is 7.35. The van der Waals surface area contributed by atoms with Crippen LogP contribution in [0.25, 0.3) is 0 Å². The van der Waals surface area contributed by atoms with E-state index in [-0.39, 0.29) is 23.6 Å². The molecule has 0 atom stereocenters. The maximum atomic E-state index is 11.8. The summed E-state index contributed by atoms with van der Waals surface area (Å²) >= 11 is 0. The van der Waals surface area contributed by atoms with E-state index in [0.717, 1.165) is 19.5 Å². The van der Waals surface area contributed by atoms with Crippen LogP contribution in [0, 0.1) is 0 Å². The third-order valence-corrected chi connectivity index (χ3v) is 3.46. The summed E-state index contributed by atoms with van der Waals surface area (Å²) in [6, 6.07) is 11.8. The number of ether oxygens (including phenoxy) is 1. The van der Waals surface area contributed by atoms with Crippen molar-refractivity contribution in [3.05, 3.63) is 64.2 Å². The topological polar surface area (TPSA) is 68.7 Å². The largest absolute Gasteiger partial charge is 0.490 e. The van der Waals surface area contributed by atoms with E-state index in [2.05, 4.69) is 17.0 Å². The lowest BCUT2D eigenvalue weighted by atomic mass is 10.1. The van der Waals surface area contributed by atoms with Crippen LogP contribution in [0.1, 0.15) is 11.3 Å². The fraction of sp³-hybridized carbons (Fsp3) is 0.353. The second kappa shape index (κ2) is 10.0. The number of benzene rings is 1. The highest BCUT2D eigenvalue weighted by atomic mass is 35.5. The smallest absolute Gasteiger partial charge is 0.227 e. The van der Waals surface area contributed by atoms with E-state index < -0.39 is 0 Å². The van der Waals surface area contributed by atoms with Crippen LogP contribution in [0.3, 0.4) is 0 Å². The molecule has 1 aromatic heterocycles. The normalized spacial score (nSPS) is 10.4. The van der Waals surface area contributed by atoms with Gasteiger partial charge in [0.2, 0.25) is 11.2 Å². The number of nitrogens with zero attached hydrogens (tertiary/aromatic N) is 1. The first-order valence-corrected chi connectivity index (χ1v) is 7.35. The molecule has 0 fully saturated rings. The molecule has 0 unspecified atom stereocenters. The first-order chi connectivity index (χ1) is 10.7. The number of methoxy groups -OCH3 is 1. The molecule has 0 spiro atoms. The van der Waals surface area contributed by atoms with Crippen molar-refractivity contribution in [2.75, 3.05) is 26.7 Å². The molecule has 0 aliphatic heterocycles. The highest BCUT2D eigenvalue weighted by Gasteiger charge is 2.09. The van der Waals surface area contributed by atoms with Crippen LogP contribution in [-0.2, 0) is 13.0 Å². The van der Waals surface area contributed by atoms with Crippen LogP contribution in [0.4, 0.5) is 0 Å². The Morgan fingerprint density at radius 3 is 2.57 bits per heavy atom. The Balaban J connectivity index is 0.00000264. The lowest BCUT2D eigenvalue weighted by Gasteiger charge is -2.20. The van der Waals surface area contributed by atoms with Crippen LogP contribution in [-0.4, -0.2) is 31.6 Å². The van der Waals surface area contributed by atoms with Crippen LogP contribution in [0.2, 0.25) is 0 Å². The summed E-state index contributed by atoms with van der Waals surface area (Å²) in [5.74, 6) is 0.839. The molecular weight excluding hydrogens is 316 g/mol. The summed E-state index contributed by atoms with van der Waals surface area (Å²) in [6.07, 6.45) is 2.29. The van der Waals surface area contributed by atoms with Gasteiger partial charge in [0, 0.05) is 25.7 Å². The quantitative estimate of drug-likeness (QED) is 0.798. The Morgan fingerprint density at radius 1 is 1.22 bits per heavy atom. The lowest BCUT2D eigenvalue weighted by Crippen LogP contribution is -2.31. The van der Waals surface area contributed by atoms with E-state index in [1.54, 1.807) is 0 Å². The summed E-state index contributed by atoms with van der Waals surface area (Å²) < 4.78 is 10.4. The molecule has 5 nitrogen and oxygen atoms in total. The minimum Gasteiger partial charge on any atom is -0.490 e. The van der Waals surface area contributed by atoms with Gasteiger partial charge in [0.1, 0.15) is 12.0 Å². The maximum absolute atomic E-state index is 11.8. The van der Waals surface area contributed by atoms with E-state index >= 15 is 0 Å². The molecule has 2 N–H and O–H groups in total. The number of rotatable bonds is 8. The van der Waals surface area contributed by atoms with E-state index in [9.17, 15) is 4.79 Å². The molecule has 1 aromatic carbocycles. The first kappa shape index (κ1) is 19.2. The Bertz CT molecular complexity index is 631. The van der Waals surface area contributed by atoms with Crippen molar-refractivity contribution >= 4 is 12.4 Å². The zero-order valence-electron chi connectivity index (χ0n) is 13.2. The number of hydrogen-bond donors (Lipinski definition) is 1. The van der Waals surface area contributed by atoms with Crippen molar-refractivity contribution in [1.82, 2.24) is 4.90 Å². The van der Waals surface area contributed by atoms with Gasteiger partial charge in [0.15, 0.2) is 0 Å². The van der Waals surface area contributed by atoms with Gasteiger partial charge in [0.25, 0.3) is 0 Å². The molecule has 0 bridgehead atoms. The molecule has 0 saturated heterocycles. The van der Waals surface area contributed by atoms with Gasteiger partial charge in [-0.1, -0.05) is 30.3 Å². The molecule has 126 valence electrons. The Hall–Kier alpha value is -1.82. The van der Waals surface area contributed by atoms with Crippen LogP contribution in [0.15, 0.2) is 51.9 Å². The summed E-state index contributed by atoms with van der Waals surface area (Å²) in [5.41, 5.74) is 6.78. The number of halogens is 1. The average molecular weight is 339 g/mol. The summed E-state index contributed by atoms with van der Waals surface area (Å²) in [7, 11) is 1.45. The fourth-order valence-corrected chi connectivity index (χ4v) is 2.28. The predicted molar refractivity (Wildman–Crippen MR) is 93.3 cm³/mol. The average Bonchev–Trinajstić information content (AvgIpc) is 2.54. The van der Waals surface area contributed by atoms with Crippen molar-refractivity contribution in [3.63, 3.8) is 0 Å². The third kappa shape index (κ3) is 6.06. The molecular formula is C17H23ClN2O3. The van der Waals surface area contributed by atoms with E-state index in [1.807, 2.05) is 18.2 Å². The van der Waals surface area contributed by atoms with Crippen LogP contribution in [0.5, 0.6) is 5.75 Å².